The van der Waals surface area contributed by atoms with Crippen molar-refractivity contribution in [3.8, 4) is 0 Å². The number of anilines is 3. The van der Waals surface area contributed by atoms with E-state index in [4.69, 9.17) is 4.74 Å². The van der Waals surface area contributed by atoms with Crippen molar-refractivity contribution in [3.05, 3.63) is 126 Å². The highest BCUT2D eigenvalue weighted by molar-refractivity contribution is 5.94. The van der Waals surface area contributed by atoms with Gasteiger partial charge in [-0.15, -0.1) is 0 Å². The number of carbonyl (C=O) groups is 2. The van der Waals surface area contributed by atoms with E-state index in [0.717, 1.165) is 22.5 Å². The van der Waals surface area contributed by atoms with Crippen molar-refractivity contribution in [2.75, 3.05) is 16.8 Å². The number of rotatable bonds is 9. The molecular formula is C31H30N2O3. The van der Waals surface area contributed by atoms with E-state index in [1.165, 1.54) is 0 Å². The van der Waals surface area contributed by atoms with Crippen LogP contribution >= 0.6 is 0 Å². The molecule has 0 saturated carbocycles. The normalized spacial score (nSPS) is 10.8. The van der Waals surface area contributed by atoms with Crippen LogP contribution in [0.15, 0.2) is 115 Å². The van der Waals surface area contributed by atoms with E-state index in [0.29, 0.717) is 5.69 Å². The molecule has 4 rings (SSSR count). The molecule has 0 atom stereocenters. The fourth-order valence-electron chi connectivity index (χ4n) is 4.21. The lowest BCUT2D eigenvalue weighted by atomic mass is 9.91. The predicted molar refractivity (Wildman–Crippen MR) is 144 cm³/mol. The van der Waals surface area contributed by atoms with Crippen LogP contribution in [0.1, 0.15) is 30.9 Å². The summed E-state index contributed by atoms with van der Waals surface area (Å²) in [6.07, 6.45) is 0. The van der Waals surface area contributed by atoms with Crippen molar-refractivity contribution >= 4 is 28.9 Å². The molecule has 0 saturated heterocycles. The van der Waals surface area contributed by atoms with Gasteiger partial charge in [0.2, 0.25) is 0 Å². The van der Waals surface area contributed by atoms with E-state index in [2.05, 4.69) is 36.2 Å². The molecule has 4 aromatic carbocycles. The Hall–Kier alpha value is -4.38. The summed E-state index contributed by atoms with van der Waals surface area (Å²) in [5.74, 6) is -1.45. The van der Waals surface area contributed by atoms with Gasteiger partial charge >= 0.3 is 5.97 Å². The zero-order chi connectivity index (χ0) is 25.3. The molecular weight excluding hydrogens is 448 g/mol. The van der Waals surface area contributed by atoms with Crippen molar-refractivity contribution in [2.24, 2.45) is 0 Å². The fraction of sp³-hybridized carbons (Fsp3) is 0.161. The van der Waals surface area contributed by atoms with Gasteiger partial charge in [0.1, 0.15) is 5.92 Å². The zero-order valence-electron chi connectivity index (χ0n) is 20.5. The topological polar surface area (TPSA) is 58.6 Å². The van der Waals surface area contributed by atoms with Crippen molar-refractivity contribution in [3.63, 3.8) is 0 Å². The Morgan fingerprint density at radius 1 is 0.694 bits per heavy atom. The molecule has 0 bridgehead atoms. The molecule has 5 nitrogen and oxygen atoms in total. The molecule has 182 valence electrons. The Morgan fingerprint density at radius 2 is 1.17 bits per heavy atom. The highest BCUT2D eigenvalue weighted by Crippen LogP contribution is 2.29. The Morgan fingerprint density at radius 3 is 1.67 bits per heavy atom. The van der Waals surface area contributed by atoms with Crippen LogP contribution < -0.4 is 10.2 Å². The van der Waals surface area contributed by atoms with Crippen molar-refractivity contribution in [1.82, 2.24) is 0 Å². The number of amides is 1. The molecule has 4 aromatic rings. The minimum absolute atomic E-state index is 0.259. The van der Waals surface area contributed by atoms with Gasteiger partial charge in [0.05, 0.1) is 0 Å². The molecule has 36 heavy (non-hydrogen) atoms. The van der Waals surface area contributed by atoms with Crippen LogP contribution in [0, 0.1) is 0 Å². The molecule has 0 unspecified atom stereocenters. The Labute approximate surface area is 212 Å². The van der Waals surface area contributed by atoms with E-state index in [9.17, 15) is 9.59 Å². The number of nitrogens with zero attached hydrogens (tertiary/aromatic N) is 1. The summed E-state index contributed by atoms with van der Waals surface area (Å²) in [7, 11) is 0. The van der Waals surface area contributed by atoms with E-state index >= 15 is 0 Å². The number of benzene rings is 4. The Balaban J connectivity index is 1.39. The molecule has 0 spiro atoms. The first-order valence-electron chi connectivity index (χ1n) is 12.0. The van der Waals surface area contributed by atoms with Gasteiger partial charge in [0.25, 0.3) is 5.91 Å². The number of esters is 1. The Bertz CT molecular complexity index is 1220. The SMILES string of the molecule is CC(C)N(c1ccccc1)c1ccc(NC(=O)COC(=O)C(c2ccccc2)c2ccccc2)cc1. The molecule has 1 amide bonds. The summed E-state index contributed by atoms with van der Waals surface area (Å²) in [5, 5.41) is 2.82. The first kappa shape index (κ1) is 24.7. The average molecular weight is 479 g/mol. The molecule has 5 heteroatoms. The smallest absolute Gasteiger partial charge is 0.318 e. The van der Waals surface area contributed by atoms with Crippen LogP contribution in [-0.2, 0) is 14.3 Å². The number of carbonyl (C=O) groups excluding carboxylic acids is 2. The first-order chi connectivity index (χ1) is 17.5. The minimum Gasteiger partial charge on any atom is -0.455 e. The van der Waals surface area contributed by atoms with Gasteiger partial charge < -0.3 is 15.0 Å². The van der Waals surface area contributed by atoms with Crippen molar-refractivity contribution < 1.29 is 14.3 Å². The maximum absolute atomic E-state index is 13.0. The quantitative estimate of drug-likeness (QED) is 0.277. The second-order valence-electron chi connectivity index (χ2n) is 8.76. The lowest BCUT2D eigenvalue weighted by Gasteiger charge is -2.29. The van der Waals surface area contributed by atoms with Gasteiger partial charge in [0.15, 0.2) is 6.61 Å². The maximum atomic E-state index is 13.0. The van der Waals surface area contributed by atoms with Crippen molar-refractivity contribution in [2.45, 2.75) is 25.8 Å². The highest BCUT2D eigenvalue weighted by Gasteiger charge is 2.25. The van der Waals surface area contributed by atoms with Gasteiger partial charge in [-0.1, -0.05) is 78.9 Å². The van der Waals surface area contributed by atoms with Crippen LogP contribution in [0.2, 0.25) is 0 Å². The lowest BCUT2D eigenvalue weighted by molar-refractivity contribution is -0.147. The highest BCUT2D eigenvalue weighted by atomic mass is 16.5. The average Bonchev–Trinajstić information content (AvgIpc) is 2.90. The number of para-hydroxylation sites is 1. The summed E-state index contributed by atoms with van der Waals surface area (Å²) >= 11 is 0. The maximum Gasteiger partial charge on any atom is 0.318 e. The second kappa shape index (κ2) is 11.8. The third-order valence-electron chi connectivity index (χ3n) is 5.83. The largest absolute Gasteiger partial charge is 0.455 e. The van der Waals surface area contributed by atoms with Crippen LogP contribution in [0.4, 0.5) is 17.1 Å². The van der Waals surface area contributed by atoms with E-state index < -0.39 is 11.9 Å². The van der Waals surface area contributed by atoms with Crippen LogP contribution in [0.25, 0.3) is 0 Å². The van der Waals surface area contributed by atoms with Gasteiger partial charge in [-0.2, -0.15) is 0 Å². The third kappa shape index (κ3) is 6.19. The minimum atomic E-state index is -0.598. The molecule has 0 aliphatic heterocycles. The molecule has 0 heterocycles. The second-order valence-corrected chi connectivity index (χ2v) is 8.76. The number of ether oxygens (including phenoxy) is 1. The monoisotopic (exact) mass is 478 g/mol. The van der Waals surface area contributed by atoms with Gasteiger partial charge in [-0.3, -0.25) is 9.59 Å². The van der Waals surface area contributed by atoms with Crippen LogP contribution in [-0.4, -0.2) is 24.5 Å². The van der Waals surface area contributed by atoms with Crippen LogP contribution in [0.5, 0.6) is 0 Å². The van der Waals surface area contributed by atoms with E-state index in [-0.39, 0.29) is 18.6 Å². The summed E-state index contributed by atoms with van der Waals surface area (Å²) in [4.78, 5) is 27.8. The third-order valence-corrected chi connectivity index (χ3v) is 5.83. The molecule has 0 aliphatic rings. The molecule has 0 fully saturated rings. The molecule has 0 aliphatic carbocycles. The Kier molecular flexibility index (Phi) is 8.14. The number of hydrogen-bond acceptors (Lipinski definition) is 4. The van der Waals surface area contributed by atoms with Gasteiger partial charge in [-0.25, -0.2) is 0 Å². The van der Waals surface area contributed by atoms with Gasteiger partial charge in [-0.05, 0) is 61.4 Å². The first-order valence-corrected chi connectivity index (χ1v) is 12.0. The van der Waals surface area contributed by atoms with Gasteiger partial charge in [0, 0.05) is 23.1 Å². The number of nitrogens with one attached hydrogen (secondary N) is 1. The summed E-state index contributed by atoms with van der Waals surface area (Å²) < 4.78 is 5.44. The standard InChI is InChI=1S/C31H30N2O3/c1-23(2)33(27-16-10-5-11-17-27)28-20-18-26(19-21-28)32-29(34)22-36-31(35)30(24-12-6-3-7-13-24)25-14-8-4-9-15-25/h3-21,23,30H,22H2,1-2H3,(H,32,34). The summed E-state index contributed by atoms with van der Waals surface area (Å²) in [6, 6.07) is 36.9. The summed E-state index contributed by atoms with van der Waals surface area (Å²) in [6.45, 7) is 3.91. The molecule has 0 aromatic heterocycles. The fourth-order valence-corrected chi connectivity index (χ4v) is 4.21. The summed E-state index contributed by atoms with van der Waals surface area (Å²) in [5.41, 5.74) is 4.40. The number of hydrogen-bond donors (Lipinski definition) is 1. The lowest BCUT2D eigenvalue weighted by Crippen LogP contribution is -2.25. The van der Waals surface area contributed by atoms with E-state index in [1.807, 2.05) is 103 Å². The molecule has 0 radical (unpaired) electrons. The zero-order valence-corrected chi connectivity index (χ0v) is 20.5. The predicted octanol–water partition coefficient (Wildman–Crippen LogP) is 6.55. The van der Waals surface area contributed by atoms with Crippen LogP contribution in [0.3, 0.4) is 0 Å². The molecule has 1 N–H and O–H groups in total. The van der Waals surface area contributed by atoms with E-state index in [1.54, 1.807) is 0 Å². The van der Waals surface area contributed by atoms with Crippen molar-refractivity contribution in [1.29, 1.82) is 0 Å².